The Kier molecular flexibility index (Phi) is 5.43. The molecule has 7 heteroatoms. The molecule has 0 aliphatic rings. The Morgan fingerprint density at radius 1 is 1.07 bits per heavy atom. The van der Waals surface area contributed by atoms with Gasteiger partial charge in [0.2, 0.25) is 5.91 Å². The number of benzene rings is 2. The normalized spacial score (nSPS) is 12.1. The second kappa shape index (κ2) is 8.32. The van der Waals surface area contributed by atoms with Crippen molar-refractivity contribution in [1.82, 2.24) is 19.6 Å². The van der Waals surface area contributed by atoms with Crippen LogP contribution in [0.1, 0.15) is 36.3 Å². The van der Waals surface area contributed by atoms with Crippen molar-refractivity contribution >= 4 is 17.4 Å². The molecule has 0 saturated carbocycles. The molecular formula is C23H23N5O2. The highest BCUT2D eigenvalue weighted by Gasteiger charge is 2.26. The van der Waals surface area contributed by atoms with Crippen molar-refractivity contribution in [2.75, 3.05) is 4.90 Å². The Morgan fingerprint density at radius 2 is 1.73 bits per heavy atom. The SMILES string of the molecule is CC[C@H](C(=O)N(Cc1nc2nc(C)cc(=O)n2[nH]1)c1ccccc1)c1ccccc1. The zero-order valence-corrected chi connectivity index (χ0v) is 16.9. The van der Waals surface area contributed by atoms with Crippen LogP contribution in [-0.2, 0) is 11.3 Å². The maximum absolute atomic E-state index is 13.6. The Hall–Kier alpha value is -3.74. The lowest BCUT2D eigenvalue weighted by Crippen LogP contribution is -2.35. The minimum atomic E-state index is -0.279. The first-order valence-corrected chi connectivity index (χ1v) is 9.93. The predicted molar refractivity (Wildman–Crippen MR) is 115 cm³/mol. The lowest BCUT2D eigenvalue weighted by atomic mass is 9.94. The van der Waals surface area contributed by atoms with Gasteiger partial charge in [0.25, 0.3) is 11.3 Å². The number of hydrogen-bond acceptors (Lipinski definition) is 4. The first-order chi connectivity index (χ1) is 14.6. The van der Waals surface area contributed by atoms with Gasteiger partial charge in [-0.15, -0.1) is 0 Å². The highest BCUT2D eigenvalue weighted by atomic mass is 16.2. The average Bonchev–Trinajstić information content (AvgIpc) is 3.17. The van der Waals surface area contributed by atoms with E-state index < -0.39 is 0 Å². The Morgan fingerprint density at radius 3 is 2.40 bits per heavy atom. The van der Waals surface area contributed by atoms with Crippen LogP contribution in [0, 0.1) is 6.92 Å². The van der Waals surface area contributed by atoms with Crippen molar-refractivity contribution in [2.45, 2.75) is 32.7 Å². The summed E-state index contributed by atoms with van der Waals surface area (Å²) in [5, 5.41) is 2.98. The number of carbonyl (C=O) groups is 1. The molecule has 0 aliphatic carbocycles. The number of aryl methyl sites for hydroxylation is 1. The zero-order chi connectivity index (χ0) is 21.1. The number of para-hydroxylation sites is 1. The Balaban J connectivity index is 1.73. The van der Waals surface area contributed by atoms with Gasteiger partial charge >= 0.3 is 0 Å². The van der Waals surface area contributed by atoms with Crippen LogP contribution >= 0.6 is 0 Å². The molecule has 0 bridgehead atoms. The number of nitrogens with zero attached hydrogens (tertiary/aromatic N) is 4. The van der Waals surface area contributed by atoms with E-state index in [-0.39, 0.29) is 23.9 Å². The van der Waals surface area contributed by atoms with Crippen LogP contribution in [0.2, 0.25) is 0 Å². The fraction of sp³-hybridized carbons (Fsp3) is 0.217. The minimum absolute atomic E-state index is 0.0214. The monoisotopic (exact) mass is 401 g/mol. The molecule has 1 amide bonds. The molecule has 0 aliphatic heterocycles. The van der Waals surface area contributed by atoms with Gasteiger partial charge in [0, 0.05) is 17.4 Å². The highest BCUT2D eigenvalue weighted by Crippen LogP contribution is 2.26. The molecule has 30 heavy (non-hydrogen) atoms. The molecule has 4 rings (SSSR count). The van der Waals surface area contributed by atoms with Gasteiger partial charge in [-0.05, 0) is 31.0 Å². The van der Waals surface area contributed by atoms with Crippen molar-refractivity contribution in [3.05, 3.63) is 94.2 Å². The maximum atomic E-state index is 13.6. The van der Waals surface area contributed by atoms with Crippen molar-refractivity contribution < 1.29 is 4.79 Å². The highest BCUT2D eigenvalue weighted by molar-refractivity contribution is 5.97. The van der Waals surface area contributed by atoms with Crippen molar-refractivity contribution in [3.63, 3.8) is 0 Å². The number of anilines is 1. The van der Waals surface area contributed by atoms with Crippen LogP contribution in [-0.4, -0.2) is 25.5 Å². The van der Waals surface area contributed by atoms with E-state index in [1.807, 2.05) is 67.6 Å². The quantitative estimate of drug-likeness (QED) is 0.536. The first kappa shape index (κ1) is 19.6. The smallest absolute Gasteiger partial charge is 0.274 e. The van der Waals surface area contributed by atoms with Crippen LogP contribution < -0.4 is 10.5 Å². The molecule has 2 aromatic heterocycles. The summed E-state index contributed by atoms with van der Waals surface area (Å²) >= 11 is 0. The molecule has 1 atom stereocenters. The number of fused-ring (bicyclic) bond motifs is 1. The molecule has 0 unspecified atom stereocenters. The predicted octanol–water partition coefficient (Wildman–Crippen LogP) is 3.45. The largest absolute Gasteiger partial charge is 0.304 e. The van der Waals surface area contributed by atoms with Crippen LogP contribution in [0.3, 0.4) is 0 Å². The summed E-state index contributed by atoms with van der Waals surface area (Å²) in [7, 11) is 0. The van der Waals surface area contributed by atoms with E-state index in [4.69, 9.17) is 0 Å². The lowest BCUT2D eigenvalue weighted by molar-refractivity contribution is -0.120. The Bertz CT molecular complexity index is 1210. The van der Waals surface area contributed by atoms with Gasteiger partial charge in [0.1, 0.15) is 5.82 Å². The number of rotatable bonds is 6. The standard InChI is InChI=1S/C23H23N5O2/c1-3-19(17-10-6-4-7-11-17)22(30)27(18-12-8-5-9-13-18)15-20-25-23-24-16(2)14-21(29)28(23)26-20/h4-14,19H,3,15H2,1-2H3,(H,24,25,26)/t19-/m0/s1. The van der Waals surface area contributed by atoms with Crippen molar-refractivity contribution in [1.29, 1.82) is 0 Å². The molecule has 4 aromatic rings. The summed E-state index contributed by atoms with van der Waals surface area (Å²) in [5.74, 6) is 0.488. The molecule has 7 nitrogen and oxygen atoms in total. The summed E-state index contributed by atoms with van der Waals surface area (Å²) in [6.07, 6.45) is 0.673. The molecule has 2 heterocycles. The number of amides is 1. The molecule has 1 N–H and O–H groups in total. The van der Waals surface area contributed by atoms with E-state index in [0.717, 1.165) is 11.3 Å². The van der Waals surface area contributed by atoms with E-state index in [9.17, 15) is 9.59 Å². The summed E-state index contributed by atoms with van der Waals surface area (Å²) in [5.41, 5.74) is 2.12. The summed E-state index contributed by atoms with van der Waals surface area (Å²) in [6, 6.07) is 20.7. The first-order valence-electron chi connectivity index (χ1n) is 9.93. The molecule has 0 saturated heterocycles. The molecule has 0 spiro atoms. The summed E-state index contributed by atoms with van der Waals surface area (Å²) < 4.78 is 1.30. The second-order valence-electron chi connectivity index (χ2n) is 7.17. The molecular weight excluding hydrogens is 378 g/mol. The fourth-order valence-electron chi connectivity index (χ4n) is 3.59. The third-order valence-corrected chi connectivity index (χ3v) is 5.05. The third kappa shape index (κ3) is 3.87. The summed E-state index contributed by atoms with van der Waals surface area (Å²) in [4.78, 5) is 36.3. The number of aromatic nitrogens is 4. The number of hydrogen-bond donors (Lipinski definition) is 1. The van der Waals surface area contributed by atoms with Gasteiger partial charge in [0.05, 0.1) is 12.5 Å². The van der Waals surface area contributed by atoms with Crippen LogP contribution in [0.4, 0.5) is 5.69 Å². The van der Waals surface area contributed by atoms with Crippen LogP contribution in [0.15, 0.2) is 71.5 Å². The molecule has 2 aromatic carbocycles. The molecule has 0 radical (unpaired) electrons. The topological polar surface area (TPSA) is 83.4 Å². The van der Waals surface area contributed by atoms with E-state index >= 15 is 0 Å². The maximum Gasteiger partial charge on any atom is 0.274 e. The van der Waals surface area contributed by atoms with Gasteiger partial charge in [0.15, 0.2) is 0 Å². The van der Waals surface area contributed by atoms with E-state index in [0.29, 0.717) is 23.7 Å². The fourth-order valence-corrected chi connectivity index (χ4v) is 3.59. The van der Waals surface area contributed by atoms with E-state index in [1.54, 1.807) is 11.8 Å². The van der Waals surface area contributed by atoms with Crippen LogP contribution in [0.25, 0.3) is 5.78 Å². The lowest BCUT2D eigenvalue weighted by Gasteiger charge is -2.26. The number of H-pyrrole nitrogens is 1. The average molecular weight is 401 g/mol. The summed E-state index contributed by atoms with van der Waals surface area (Å²) in [6.45, 7) is 3.96. The number of aromatic amines is 1. The van der Waals surface area contributed by atoms with Gasteiger partial charge < -0.3 is 4.90 Å². The molecule has 152 valence electrons. The molecule has 0 fully saturated rings. The van der Waals surface area contributed by atoms with Gasteiger partial charge in [-0.2, -0.15) is 9.50 Å². The van der Waals surface area contributed by atoms with Crippen LogP contribution in [0.5, 0.6) is 0 Å². The van der Waals surface area contributed by atoms with Gasteiger partial charge in [-0.3, -0.25) is 14.7 Å². The minimum Gasteiger partial charge on any atom is -0.304 e. The zero-order valence-electron chi connectivity index (χ0n) is 16.9. The Labute approximate surface area is 174 Å². The van der Waals surface area contributed by atoms with Crippen molar-refractivity contribution in [2.24, 2.45) is 0 Å². The second-order valence-corrected chi connectivity index (χ2v) is 7.17. The van der Waals surface area contributed by atoms with E-state index in [2.05, 4.69) is 15.1 Å². The third-order valence-electron chi connectivity index (χ3n) is 5.05. The van der Waals surface area contributed by atoms with E-state index in [1.165, 1.54) is 10.6 Å². The van der Waals surface area contributed by atoms with Gasteiger partial charge in [-0.1, -0.05) is 55.5 Å². The van der Waals surface area contributed by atoms with Gasteiger partial charge in [-0.25, -0.2) is 4.98 Å². The van der Waals surface area contributed by atoms with Crippen molar-refractivity contribution in [3.8, 4) is 0 Å². The number of carbonyl (C=O) groups excluding carboxylic acids is 1. The number of nitrogens with one attached hydrogen (secondary N) is 1.